The highest BCUT2D eigenvalue weighted by molar-refractivity contribution is 5.81. The molecule has 8 heteroatoms. The molecule has 0 spiro atoms. The van der Waals surface area contributed by atoms with E-state index in [2.05, 4.69) is 20.2 Å². The van der Waals surface area contributed by atoms with E-state index in [0.29, 0.717) is 18.3 Å². The summed E-state index contributed by atoms with van der Waals surface area (Å²) in [5.74, 6) is 1.39. The van der Waals surface area contributed by atoms with Crippen LogP contribution in [0.4, 0.5) is 0 Å². The summed E-state index contributed by atoms with van der Waals surface area (Å²) in [6.07, 6.45) is 3.60. The van der Waals surface area contributed by atoms with Crippen LogP contribution < -0.4 is 0 Å². The summed E-state index contributed by atoms with van der Waals surface area (Å²) in [4.78, 5) is 23.3. The second-order valence-corrected chi connectivity index (χ2v) is 6.48. The Balaban J connectivity index is 1.50. The fourth-order valence-electron chi connectivity index (χ4n) is 3.39. The third-order valence-corrected chi connectivity index (χ3v) is 4.64. The lowest BCUT2D eigenvalue weighted by atomic mass is 9.98. The molecule has 1 unspecified atom stereocenters. The molecule has 4 heterocycles. The van der Waals surface area contributed by atoms with Gasteiger partial charge < -0.3 is 9.42 Å². The zero-order valence-electron chi connectivity index (χ0n) is 14.3. The Hall–Kier alpha value is -2.77. The number of hydrogen-bond donors (Lipinski definition) is 0. The molecule has 3 aromatic rings. The van der Waals surface area contributed by atoms with Gasteiger partial charge in [-0.25, -0.2) is 9.67 Å². The smallest absolute Gasteiger partial charge is 0.244 e. The molecule has 1 aliphatic rings. The molecule has 0 N–H and O–H groups in total. The Bertz CT molecular complexity index is 915. The van der Waals surface area contributed by atoms with Crippen molar-refractivity contribution >= 4 is 16.9 Å². The number of pyridine rings is 1. The van der Waals surface area contributed by atoms with E-state index in [0.717, 1.165) is 36.1 Å². The third kappa shape index (κ3) is 2.99. The van der Waals surface area contributed by atoms with Gasteiger partial charge in [0.25, 0.3) is 0 Å². The highest BCUT2D eigenvalue weighted by Crippen LogP contribution is 2.26. The monoisotopic (exact) mass is 340 g/mol. The number of hydrogen-bond acceptors (Lipinski definition) is 6. The Morgan fingerprint density at radius 3 is 3.08 bits per heavy atom. The molecule has 1 aliphatic heterocycles. The Morgan fingerprint density at radius 2 is 2.28 bits per heavy atom. The minimum Gasteiger partial charge on any atom is -0.340 e. The number of carbonyl (C=O) groups excluding carboxylic acids is 1. The maximum Gasteiger partial charge on any atom is 0.244 e. The molecule has 4 rings (SSSR count). The van der Waals surface area contributed by atoms with Gasteiger partial charge in [-0.2, -0.15) is 10.1 Å². The minimum absolute atomic E-state index is 0.0380. The van der Waals surface area contributed by atoms with Gasteiger partial charge in [0.05, 0.1) is 11.6 Å². The predicted molar refractivity (Wildman–Crippen MR) is 89.9 cm³/mol. The number of fused-ring (bicyclic) bond motifs is 1. The average molecular weight is 340 g/mol. The van der Waals surface area contributed by atoms with Crippen LogP contribution in [0.2, 0.25) is 0 Å². The number of rotatable bonds is 3. The highest BCUT2D eigenvalue weighted by Gasteiger charge is 2.28. The average Bonchev–Trinajstić information content (AvgIpc) is 3.20. The molecule has 0 aliphatic carbocycles. The van der Waals surface area contributed by atoms with E-state index in [9.17, 15) is 4.79 Å². The van der Waals surface area contributed by atoms with Crippen molar-refractivity contribution in [2.45, 2.75) is 39.2 Å². The fraction of sp³-hybridized carbons (Fsp3) is 0.471. The second-order valence-electron chi connectivity index (χ2n) is 6.48. The molecular weight excluding hydrogens is 320 g/mol. The molecule has 3 aromatic heterocycles. The maximum absolute atomic E-state index is 12.8. The van der Waals surface area contributed by atoms with Gasteiger partial charge in [0, 0.05) is 24.7 Å². The van der Waals surface area contributed by atoms with Crippen LogP contribution in [-0.2, 0) is 11.3 Å². The molecule has 0 radical (unpaired) electrons. The highest BCUT2D eigenvalue weighted by atomic mass is 16.5. The lowest BCUT2D eigenvalue weighted by Gasteiger charge is -2.31. The van der Waals surface area contributed by atoms with Crippen LogP contribution in [0, 0.1) is 13.8 Å². The quantitative estimate of drug-likeness (QED) is 0.722. The zero-order chi connectivity index (χ0) is 17.4. The van der Waals surface area contributed by atoms with E-state index in [4.69, 9.17) is 4.52 Å². The molecule has 1 fully saturated rings. The van der Waals surface area contributed by atoms with E-state index in [1.165, 1.54) is 0 Å². The first-order valence-corrected chi connectivity index (χ1v) is 8.48. The van der Waals surface area contributed by atoms with E-state index >= 15 is 0 Å². The Kier molecular flexibility index (Phi) is 3.95. The molecule has 130 valence electrons. The van der Waals surface area contributed by atoms with Crippen LogP contribution in [0.1, 0.15) is 36.2 Å². The van der Waals surface area contributed by atoms with Gasteiger partial charge in [0.1, 0.15) is 6.54 Å². The van der Waals surface area contributed by atoms with Crippen LogP contribution >= 0.6 is 0 Å². The summed E-state index contributed by atoms with van der Waals surface area (Å²) in [6.45, 7) is 5.27. The van der Waals surface area contributed by atoms with Gasteiger partial charge in [0.2, 0.25) is 11.8 Å². The number of amides is 1. The van der Waals surface area contributed by atoms with E-state index in [-0.39, 0.29) is 18.4 Å². The van der Waals surface area contributed by atoms with Crippen molar-refractivity contribution in [3.8, 4) is 0 Å². The van der Waals surface area contributed by atoms with E-state index in [1.54, 1.807) is 17.8 Å². The molecule has 0 aromatic carbocycles. The van der Waals surface area contributed by atoms with Crippen molar-refractivity contribution in [3.05, 3.63) is 35.7 Å². The Labute approximate surface area is 144 Å². The van der Waals surface area contributed by atoms with Gasteiger partial charge >= 0.3 is 0 Å². The Morgan fingerprint density at radius 1 is 1.40 bits per heavy atom. The predicted octanol–water partition coefficient (Wildman–Crippen LogP) is 1.84. The van der Waals surface area contributed by atoms with Gasteiger partial charge in [-0.05, 0) is 38.8 Å². The van der Waals surface area contributed by atoms with Gasteiger partial charge in [-0.3, -0.25) is 4.79 Å². The zero-order valence-corrected chi connectivity index (χ0v) is 14.3. The third-order valence-electron chi connectivity index (χ3n) is 4.64. The first kappa shape index (κ1) is 15.7. The van der Waals surface area contributed by atoms with Crippen molar-refractivity contribution in [1.82, 2.24) is 29.8 Å². The van der Waals surface area contributed by atoms with Crippen molar-refractivity contribution < 1.29 is 9.32 Å². The largest absolute Gasteiger partial charge is 0.340 e. The first-order valence-electron chi connectivity index (χ1n) is 8.48. The van der Waals surface area contributed by atoms with E-state index < -0.39 is 0 Å². The number of carbonyl (C=O) groups is 1. The van der Waals surface area contributed by atoms with Crippen LogP contribution in [0.5, 0.6) is 0 Å². The molecule has 0 bridgehead atoms. The van der Waals surface area contributed by atoms with E-state index in [1.807, 2.05) is 24.0 Å². The summed E-state index contributed by atoms with van der Waals surface area (Å²) in [5, 5.41) is 9.31. The van der Waals surface area contributed by atoms with Crippen LogP contribution in [0.25, 0.3) is 11.0 Å². The summed E-state index contributed by atoms with van der Waals surface area (Å²) in [6, 6.07) is 3.85. The number of aryl methyl sites for hydroxylation is 2. The van der Waals surface area contributed by atoms with Crippen molar-refractivity contribution in [2.75, 3.05) is 13.1 Å². The SMILES string of the molecule is Cc1noc(C2CCCN(C(=O)Cn3nc(C)c4cccnc43)C2)n1. The molecule has 25 heavy (non-hydrogen) atoms. The molecule has 0 saturated carbocycles. The maximum atomic E-state index is 12.8. The fourth-order valence-corrected chi connectivity index (χ4v) is 3.39. The molecule has 1 atom stereocenters. The molecular formula is C17H20N6O2. The summed E-state index contributed by atoms with van der Waals surface area (Å²) >= 11 is 0. The normalized spacial score (nSPS) is 18.0. The lowest BCUT2D eigenvalue weighted by Crippen LogP contribution is -2.41. The molecule has 1 amide bonds. The topological polar surface area (TPSA) is 89.9 Å². The number of piperidine rings is 1. The van der Waals surface area contributed by atoms with Crippen molar-refractivity contribution in [2.24, 2.45) is 0 Å². The summed E-state index contributed by atoms with van der Waals surface area (Å²) in [5.41, 5.74) is 1.63. The van der Waals surface area contributed by atoms with Gasteiger partial charge in [-0.1, -0.05) is 5.16 Å². The van der Waals surface area contributed by atoms with Crippen molar-refractivity contribution in [3.63, 3.8) is 0 Å². The second kappa shape index (κ2) is 6.27. The molecule has 1 saturated heterocycles. The standard InChI is InChI=1S/C17H20N6O2/c1-11-14-6-3-7-18-16(14)23(20-11)10-15(24)22-8-4-5-13(9-22)17-19-12(2)21-25-17/h3,6-7,13H,4-5,8-10H2,1-2H3. The van der Waals surface area contributed by atoms with Crippen molar-refractivity contribution in [1.29, 1.82) is 0 Å². The first-order chi connectivity index (χ1) is 12.1. The number of aromatic nitrogens is 5. The van der Waals surface area contributed by atoms with Crippen LogP contribution in [0.3, 0.4) is 0 Å². The summed E-state index contributed by atoms with van der Waals surface area (Å²) < 4.78 is 6.97. The van der Waals surface area contributed by atoms with Crippen LogP contribution in [-0.4, -0.2) is 48.8 Å². The lowest BCUT2D eigenvalue weighted by molar-refractivity contribution is -0.133. The van der Waals surface area contributed by atoms with Crippen LogP contribution in [0.15, 0.2) is 22.9 Å². The van der Waals surface area contributed by atoms with Gasteiger partial charge in [-0.15, -0.1) is 0 Å². The minimum atomic E-state index is 0.0380. The number of likely N-dealkylation sites (tertiary alicyclic amines) is 1. The van der Waals surface area contributed by atoms with Gasteiger partial charge in [0.15, 0.2) is 11.5 Å². The molecule has 8 nitrogen and oxygen atoms in total. The number of nitrogens with zero attached hydrogens (tertiary/aromatic N) is 6. The summed E-state index contributed by atoms with van der Waals surface area (Å²) in [7, 11) is 0.